The van der Waals surface area contributed by atoms with Crippen LogP contribution >= 0.6 is 0 Å². The summed E-state index contributed by atoms with van der Waals surface area (Å²) in [5.41, 5.74) is 5.29. The van der Waals surface area contributed by atoms with Crippen molar-refractivity contribution in [1.29, 1.82) is 0 Å². The van der Waals surface area contributed by atoms with Crippen LogP contribution in [-0.2, 0) is 38.4 Å². The summed E-state index contributed by atoms with van der Waals surface area (Å²) in [6.45, 7) is 16.4. The normalized spacial score (nSPS) is 36.5. The van der Waals surface area contributed by atoms with Crippen LogP contribution in [0.5, 0.6) is 0 Å². The van der Waals surface area contributed by atoms with Gasteiger partial charge in [-0.15, -0.1) is 0 Å². The lowest BCUT2D eigenvalue weighted by Gasteiger charge is -2.45. The molecule has 0 saturated heterocycles. The molecule has 5 heteroatoms. The fourth-order valence-corrected chi connectivity index (χ4v) is 12.7. The van der Waals surface area contributed by atoms with Crippen molar-refractivity contribution in [3.8, 4) is 0 Å². The minimum Gasteiger partial charge on any atom is -0.299 e. The van der Waals surface area contributed by atoms with Crippen molar-refractivity contribution in [2.75, 3.05) is 5.75 Å². The summed E-state index contributed by atoms with van der Waals surface area (Å²) in [5.74, 6) is 4.09. The molecule has 0 spiro atoms. The molecule has 0 aliphatic heterocycles. The molecule has 42 heavy (non-hydrogen) atoms. The van der Waals surface area contributed by atoms with Crippen molar-refractivity contribution in [3.63, 3.8) is 0 Å². The number of hydrogen-bond acceptors (Lipinski definition) is 4. The van der Waals surface area contributed by atoms with E-state index in [0.717, 1.165) is 49.4 Å². The van der Waals surface area contributed by atoms with Gasteiger partial charge in [0, 0.05) is 12.8 Å². The molecule has 5 aliphatic rings. The number of carbonyl (C=O) groups is 1. The molecule has 4 nitrogen and oxygen atoms in total. The standard InChI is InChI=1S/C37H56O4S/c1-23(2)24(3)8-9-25(4)32-14-15-33-31-12-10-26-20-28(11-13-29(26)30(31)17-18-36(32,33)7)41-42(39,40)22-37-19-16-27(21-34(37)38)35(37,5)6/h10,12,23-25,27-28,32-33H,8-9,11,13-22H2,1-7H3/t24-,25+,27?,28?,32?,33?,36?,37?/m0/s1. The van der Waals surface area contributed by atoms with E-state index < -0.39 is 15.5 Å². The molecule has 3 saturated carbocycles. The first kappa shape index (κ1) is 30.8. The van der Waals surface area contributed by atoms with Gasteiger partial charge in [0.2, 0.25) is 0 Å². The third-order valence-electron chi connectivity index (χ3n) is 14.2. The Hall–Kier alpha value is -1.20. The lowest BCUT2D eigenvalue weighted by Crippen LogP contribution is -2.43. The van der Waals surface area contributed by atoms with Crippen LogP contribution < -0.4 is 0 Å². The molecule has 234 valence electrons. The molecule has 1 aromatic rings. The predicted molar refractivity (Wildman–Crippen MR) is 170 cm³/mol. The Labute approximate surface area is 256 Å². The largest absolute Gasteiger partial charge is 0.299 e. The number of hydrogen-bond donors (Lipinski definition) is 0. The van der Waals surface area contributed by atoms with Gasteiger partial charge in [0.1, 0.15) is 5.78 Å². The van der Waals surface area contributed by atoms with E-state index in [2.05, 4.69) is 60.6 Å². The Balaban J connectivity index is 1.14. The molecule has 1 aromatic carbocycles. The Bertz CT molecular complexity index is 1330. The number of rotatable bonds is 9. The van der Waals surface area contributed by atoms with E-state index in [0.29, 0.717) is 36.5 Å². The van der Waals surface area contributed by atoms with E-state index in [1.807, 2.05) is 0 Å². The summed E-state index contributed by atoms with van der Waals surface area (Å²) < 4.78 is 32.7. The van der Waals surface area contributed by atoms with Crippen LogP contribution in [0.1, 0.15) is 134 Å². The molecule has 0 N–H and O–H groups in total. The van der Waals surface area contributed by atoms with Crippen molar-refractivity contribution >= 4 is 15.9 Å². The first-order valence-electron chi connectivity index (χ1n) is 17.3. The van der Waals surface area contributed by atoms with Crippen molar-refractivity contribution in [2.45, 2.75) is 138 Å². The average Bonchev–Trinajstić information content (AvgIpc) is 3.46. The molecule has 0 heterocycles. The van der Waals surface area contributed by atoms with Crippen LogP contribution in [-0.4, -0.2) is 26.1 Å². The van der Waals surface area contributed by atoms with Gasteiger partial charge in [0.05, 0.1) is 17.3 Å². The van der Waals surface area contributed by atoms with E-state index in [4.69, 9.17) is 4.18 Å². The third kappa shape index (κ3) is 4.86. The molecular weight excluding hydrogens is 540 g/mol. The molecule has 6 unspecified atom stereocenters. The van der Waals surface area contributed by atoms with E-state index >= 15 is 0 Å². The van der Waals surface area contributed by atoms with Crippen LogP contribution in [0.15, 0.2) is 12.1 Å². The number of ketones is 1. The Morgan fingerprint density at radius 1 is 0.905 bits per heavy atom. The lowest BCUT2D eigenvalue weighted by molar-refractivity contribution is -0.128. The van der Waals surface area contributed by atoms with Crippen LogP contribution in [0, 0.1) is 45.8 Å². The minimum absolute atomic E-state index is 0.136. The summed E-state index contributed by atoms with van der Waals surface area (Å²) in [5, 5.41) is 0. The first-order chi connectivity index (χ1) is 19.7. The summed E-state index contributed by atoms with van der Waals surface area (Å²) >= 11 is 0. The number of benzene rings is 1. The summed E-state index contributed by atoms with van der Waals surface area (Å²) in [6.07, 6.45) is 11.9. The van der Waals surface area contributed by atoms with Crippen LogP contribution in [0.25, 0.3) is 0 Å². The van der Waals surface area contributed by atoms with Gasteiger partial charge in [0.25, 0.3) is 10.1 Å². The topological polar surface area (TPSA) is 60.4 Å². The summed E-state index contributed by atoms with van der Waals surface area (Å²) in [6, 6.07) is 4.70. The highest BCUT2D eigenvalue weighted by Gasteiger charge is 2.65. The SMILES string of the molecule is CC(C)[C@@H](C)CC[C@@H](C)C1CCC2c3ccc4c(c3CCC21C)CCC(OS(=O)(=O)CC12CCC(CC1=O)C2(C)C)C4. The summed E-state index contributed by atoms with van der Waals surface area (Å²) in [7, 11) is -3.80. The smallest absolute Gasteiger partial charge is 0.268 e. The average molecular weight is 597 g/mol. The minimum atomic E-state index is -3.80. The van der Waals surface area contributed by atoms with E-state index in [1.165, 1.54) is 43.2 Å². The number of Topliss-reactive ketones (excluding diaryl/α,β-unsaturated/α-hetero) is 1. The fourth-order valence-electron chi connectivity index (χ4n) is 10.8. The van der Waals surface area contributed by atoms with Crippen molar-refractivity contribution in [2.24, 2.45) is 45.8 Å². The van der Waals surface area contributed by atoms with Gasteiger partial charge in [-0.1, -0.05) is 73.4 Å². The molecule has 0 radical (unpaired) electrons. The van der Waals surface area contributed by atoms with Crippen LogP contribution in [0.3, 0.4) is 0 Å². The molecule has 5 aliphatic carbocycles. The van der Waals surface area contributed by atoms with Crippen molar-refractivity contribution < 1.29 is 17.4 Å². The second-order valence-electron chi connectivity index (χ2n) is 16.6. The molecule has 0 amide bonds. The highest BCUT2D eigenvalue weighted by atomic mass is 32.2. The van der Waals surface area contributed by atoms with Gasteiger partial charge in [-0.2, -0.15) is 8.42 Å². The lowest BCUT2D eigenvalue weighted by atomic mass is 9.59. The summed E-state index contributed by atoms with van der Waals surface area (Å²) in [4.78, 5) is 13.0. The third-order valence-corrected chi connectivity index (χ3v) is 15.6. The number of fused-ring (bicyclic) bond motifs is 7. The van der Waals surface area contributed by atoms with Gasteiger partial charge in [-0.3, -0.25) is 8.98 Å². The van der Waals surface area contributed by atoms with E-state index in [9.17, 15) is 13.2 Å². The Morgan fingerprint density at radius 3 is 2.33 bits per heavy atom. The molecule has 6 rings (SSSR count). The maximum atomic E-state index is 13.4. The fraction of sp³-hybridized carbons (Fsp3) is 0.811. The van der Waals surface area contributed by atoms with E-state index in [1.54, 1.807) is 11.1 Å². The molecule has 0 aromatic heterocycles. The zero-order chi connectivity index (χ0) is 30.2. The maximum Gasteiger partial charge on any atom is 0.268 e. The Kier molecular flexibility index (Phi) is 7.86. The zero-order valence-electron chi connectivity index (χ0n) is 27.4. The van der Waals surface area contributed by atoms with Crippen molar-refractivity contribution in [1.82, 2.24) is 0 Å². The second kappa shape index (κ2) is 10.7. The van der Waals surface area contributed by atoms with Crippen LogP contribution in [0.2, 0.25) is 0 Å². The molecule has 3 fully saturated rings. The number of carbonyl (C=O) groups excluding carboxylic acids is 1. The predicted octanol–water partition coefficient (Wildman–Crippen LogP) is 8.44. The van der Waals surface area contributed by atoms with Gasteiger partial charge >= 0.3 is 0 Å². The van der Waals surface area contributed by atoms with Gasteiger partial charge in [-0.05, 0) is 120 Å². The highest BCUT2D eigenvalue weighted by molar-refractivity contribution is 7.86. The van der Waals surface area contributed by atoms with Gasteiger partial charge < -0.3 is 0 Å². The van der Waals surface area contributed by atoms with Crippen LogP contribution in [0.4, 0.5) is 0 Å². The monoisotopic (exact) mass is 596 g/mol. The maximum absolute atomic E-state index is 13.4. The first-order valence-corrected chi connectivity index (χ1v) is 18.8. The zero-order valence-corrected chi connectivity index (χ0v) is 28.2. The Morgan fingerprint density at radius 2 is 1.67 bits per heavy atom. The highest BCUT2D eigenvalue weighted by Crippen LogP contribution is 2.64. The molecule has 2 bridgehead atoms. The van der Waals surface area contributed by atoms with Gasteiger partial charge in [-0.25, -0.2) is 0 Å². The van der Waals surface area contributed by atoms with E-state index in [-0.39, 0.29) is 23.1 Å². The van der Waals surface area contributed by atoms with Gasteiger partial charge in [0.15, 0.2) is 0 Å². The van der Waals surface area contributed by atoms with Crippen molar-refractivity contribution in [3.05, 3.63) is 34.4 Å². The molecule has 8 atom stereocenters. The quantitative estimate of drug-likeness (QED) is 0.268. The second-order valence-corrected chi connectivity index (χ2v) is 18.2. The molecular formula is C37H56O4S.